The van der Waals surface area contributed by atoms with Crippen molar-refractivity contribution in [2.75, 3.05) is 6.61 Å². The fourth-order valence-corrected chi connectivity index (χ4v) is 1.37. The van der Waals surface area contributed by atoms with Crippen LogP contribution in [0.4, 0.5) is 0 Å². The Hall–Kier alpha value is -1.11. The summed E-state index contributed by atoms with van der Waals surface area (Å²) in [6.07, 6.45) is 1.72. The molecule has 0 aliphatic heterocycles. The van der Waals surface area contributed by atoms with E-state index in [1.807, 2.05) is 0 Å². The highest BCUT2D eigenvalue weighted by atomic mass is 35.5. The van der Waals surface area contributed by atoms with Crippen molar-refractivity contribution in [2.45, 2.75) is 12.5 Å². The summed E-state index contributed by atoms with van der Waals surface area (Å²) < 4.78 is 2.35. The van der Waals surface area contributed by atoms with Crippen molar-refractivity contribution in [3.63, 3.8) is 0 Å². The zero-order valence-corrected chi connectivity index (χ0v) is 10.0. The molecule has 1 atom stereocenters. The molecule has 1 heterocycles. The summed E-state index contributed by atoms with van der Waals surface area (Å²) >= 11 is 0. The van der Waals surface area contributed by atoms with Crippen molar-refractivity contribution in [3.05, 3.63) is 32.6 Å². The molecule has 16 heavy (non-hydrogen) atoms. The highest BCUT2D eigenvalue weighted by molar-refractivity contribution is 5.85. The van der Waals surface area contributed by atoms with Crippen molar-refractivity contribution in [1.82, 2.24) is 9.13 Å². The first-order chi connectivity index (χ1) is 6.97. The molecular formula is C9H16ClN3O3. The van der Waals surface area contributed by atoms with Crippen LogP contribution in [0.25, 0.3) is 0 Å². The third-order valence-electron chi connectivity index (χ3n) is 2.23. The maximum atomic E-state index is 11.6. The fourth-order valence-electron chi connectivity index (χ4n) is 1.37. The van der Waals surface area contributed by atoms with Crippen LogP contribution in [0.3, 0.4) is 0 Å². The number of aromatic nitrogens is 2. The quantitative estimate of drug-likeness (QED) is 0.673. The number of hydrogen-bond donors (Lipinski definition) is 2. The summed E-state index contributed by atoms with van der Waals surface area (Å²) in [5.74, 6) is 0. The Bertz CT molecular complexity index is 466. The molecule has 0 aliphatic rings. The Morgan fingerprint density at radius 1 is 1.44 bits per heavy atom. The molecule has 92 valence electrons. The van der Waals surface area contributed by atoms with Gasteiger partial charge < -0.3 is 15.4 Å². The minimum Gasteiger partial charge on any atom is -0.395 e. The molecule has 6 nitrogen and oxygen atoms in total. The van der Waals surface area contributed by atoms with Crippen LogP contribution in [0.1, 0.15) is 5.56 Å². The summed E-state index contributed by atoms with van der Waals surface area (Å²) in [5, 5.41) is 8.78. The number of aliphatic hydroxyl groups excluding tert-OH is 1. The van der Waals surface area contributed by atoms with E-state index in [0.717, 1.165) is 4.57 Å². The van der Waals surface area contributed by atoms with Crippen LogP contribution >= 0.6 is 12.4 Å². The van der Waals surface area contributed by atoms with Gasteiger partial charge in [0.05, 0.1) is 6.61 Å². The van der Waals surface area contributed by atoms with E-state index >= 15 is 0 Å². The molecule has 0 radical (unpaired) electrons. The maximum absolute atomic E-state index is 11.6. The van der Waals surface area contributed by atoms with Crippen molar-refractivity contribution in [3.8, 4) is 0 Å². The molecule has 7 heteroatoms. The van der Waals surface area contributed by atoms with E-state index in [0.29, 0.717) is 5.56 Å². The molecule has 0 spiro atoms. The molecular weight excluding hydrogens is 234 g/mol. The highest BCUT2D eigenvalue weighted by Crippen LogP contribution is 1.93. The minimum atomic E-state index is -0.477. The third-order valence-corrected chi connectivity index (χ3v) is 2.23. The van der Waals surface area contributed by atoms with Gasteiger partial charge >= 0.3 is 5.69 Å². The maximum Gasteiger partial charge on any atom is 0.330 e. The minimum absolute atomic E-state index is 0. The predicted octanol–water partition coefficient (Wildman–Crippen LogP) is -1.63. The predicted molar refractivity (Wildman–Crippen MR) is 62.9 cm³/mol. The van der Waals surface area contributed by atoms with E-state index in [-0.39, 0.29) is 36.7 Å². The van der Waals surface area contributed by atoms with Crippen molar-refractivity contribution in [2.24, 2.45) is 19.8 Å². The van der Waals surface area contributed by atoms with E-state index in [4.69, 9.17) is 10.8 Å². The number of aryl methyl sites for hydroxylation is 1. The lowest BCUT2D eigenvalue weighted by Crippen LogP contribution is -2.40. The molecule has 0 amide bonds. The SMILES string of the molecule is Cl.Cn1cc(CC(N)CO)c(=O)n(C)c1=O. The lowest BCUT2D eigenvalue weighted by atomic mass is 10.1. The second kappa shape index (κ2) is 5.83. The van der Waals surface area contributed by atoms with Crippen molar-refractivity contribution < 1.29 is 5.11 Å². The van der Waals surface area contributed by atoms with E-state index in [2.05, 4.69) is 0 Å². The summed E-state index contributed by atoms with van der Waals surface area (Å²) in [4.78, 5) is 22.9. The van der Waals surface area contributed by atoms with Crippen molar-refractivity contribution in [1.29, 1.82) is 0 Å². The number of nitrogens with zero attached hydrogens (tertiary/aromatic N) is 2. The van der Waals surface area contributed by atoms with Crippen LogP contribution in [0, 0.1) is 0 Å². The Balaban J connectivity index is 0.00000225. The number of hydrogen-bond acceptors (Lipinski definition) is 4. The van der Waals surface area contributed by atoms with Gasteiger partial charge in [-0.1, -0.05) is 0 Å². The molecule has 0 aliphatic carbocycles. The van der Waals surface area contributed by atoms with Crippen LogP contribution in [-0.2, 0) is 20.5 Å². The van der Waals surface area contributed by atoms with Gasteiger partial charge in [-0.3, -0.25) is 9.36 Å². The lowest BCUT2D eigenvalue weighted by Gasteiger charge is -2.09. The number of nitrogens with two attached hydrogens (primary N) is 1. The third kappa shape index (κ3) is 2.94. The molecule has 0 bridgehead atoms. The molecule has 1 unspecified atom stereocenters. The molecule has 1 aromatic rings. The van der Waals surface area contributed by atoms with Gasteiger partial charge in [0.2, 0.25) is 0 Å². The van der Waals surface area contributed by atoms with Crippen LogP contribution in [0.15, 0.2) is 15.8 Å². The van der Waals surface area contributed by atoms with Gasteiger partial charge in [0.1, 0.15) is 0 Å². The largest absolute Gasteiger partial charge is 0.395 e. The summed E-state index contributed by atoms with van der Waals surface area (Å²) in [5.41, 5.74) is 5.23. The fraction of sp³-hybridized carbons (Fsp3) is 0.556. The van der Waals surface area contributed by atoms with E-state index in [1.165, 1.54) is 17.8 Å². The van der Waals surface area contributed by atoms with Crippen LogP contribution in [-0.4, -0.2) is 26.9 Å². The van der Waals surface area contributed by atoms with Crippen molar-refractivity contribution >= 4 is 12.4 Å². The topological polar surface area (TPSA) is 90.2 Å². The van der Waals surface area contributed by atoms with Gasteiger partial charge in [-0.15, -0.1) is 12.4 Å². The standard InChI is InChI=1S/C9H15N3O3.ClH/c1-11-4-6(3-7(10)5-13)8(14)12(2)9(11)15;/h4,7,13H,3,5,10H2,1-2H3;1H. The number of aliphatic hydroxyl groups is 1. The normalized spacial score (nSPS) is 12.0. The van der Waals surface area contributed by atoms with Gasteiger partial charge in [0.15, 0.2) is 0 Å². The monoisotopic (exact) mass is 249 g/mol. The zero-order chi connectivity index (χ0) is 11.6. The first-order valence-corrected chi connectivity index (χ1v) is 4.59. The summed E-state index contributed by atoms with van der Waals surface area (Å²) in [6.45, 7) is -0.188. The summed E-state index contributed by atoms with van der Waals surface area (Å²) in [6, 6.07) is -0.477. The van der Waals surface area contributed by atoms with Gasteiger partial charge in [0.25, 0.3) is 5.56 Å². The molecule has 0 saturated carbocycles. The van der Waals surface area contributed by atoms with Crippen LogP contribution < -0.4 is 17.0 Å². The molecule has 3 N–H and O–H groups in total. The Morgan fingerprint density at radius 3 is 2.50 bits per heavy atom. The average molecular weight is 250 g/mol. The second-order valence-corrected chi connectivity index (χ2v) is 3.56. The van der Waals surface area contributed by atoms with Gasteiger partial charge in [-0.25, -0.2) is 4.79 Å². The average Bonchev–Trinajstić information content (AvgIpc) is 2.22. The molecule has 0 saturated heterocycles. The smallest absolute Gasteiger partial charge is 0.330 e. The number of halogens is 1. The van der Waals surface area contributed by atoms with Crippen LogP contribution in [0.5, 0.6) is 0 Å². The molecule has 0 fully saturated rings. The van der Waals surface area contributed by atoms with E-state index in [9.17, 15) is 9.59 Å². The Kier molecular flexibility index (Phi) is 5.43. The highest BCUT2D eigenvalue weighted by Gasteiger charge is 2.10. The Morgan fingerprint density at radius 2 is 2.00 bits per heavy atom. The lowest BCUT2D eigenvalue weighted by molar-refractivity contribution is 0.265. The van der Waals surface area contributed by atoms with E-state index in [1.54, 1.807) is 7.05 Å². The van der Waals surface area contributed by atoms with Crippen LogP contribution in [0.2, 0.25) is 0 Å². The van der Waals surface area contributed by atoms with Gasteiger partial charge in [-0.2, -0.15) is 0 Å². The summed E-state index contributed by atoms with van der Waals surface area (Å²) in [7, 11) is 2.98. The zero-order valence-electron chi connectivity index (χ0n) is 9.21. The van der Waals surface area contributed by atoms with Gasteiger partial charge in [-0.05, 0) is 6.42 Å². The van der Waals surface area contributed by atoms with E-state index < -0.39 is 6.04 Å². The second-order valence-electron chi connectivity index (χ2n) is 3.56. The molecule has 1 rings (SSSR count). The van der Waals surface area contributed by atoms with Gasteiger partial charge in [0, 0.05) is 31.9 Å². The molecule has 1 aromatic heterocycles. The Labute approximate surface area is 98.7 Å². The molecule has 0 aromatic carbocycles. The number of rotatable bonds is 3. The first kappa shape index (κ1) is 14.9. The first-order valence-electron chi connectivity index (χ1n) is 4.59.